The first-order valence-corrected chi connectivity index (χ1v) is 9.97. The summed E-state index contributed by atoms with van der Waals surface area (Å²) in [5, 5.41) is 18.4. The van der Waals surface area contributed by atoms with Crippen LogP contribution in [0, 0.1) is 12.3 Å². The molecule has 2 aliphatic rings. The van der Waals surface area contributed by atoms with Gasteiger partial charge in [0.05, 0.1) is 24.0 Å². The molecule has 1 spiro atoms. The molecule has 1 aromatic heterocycles. The summed E-state index contributed by atoms with van der Waals surface area (Å²) >= 11 is 0. The maximum Gasteiger partial charge on any atom is 0.229 e. The summed E-state index contributed by atoms with van der Waals surface area (Å²) in [6, 6.07) is 9.31. The highest BCUT2D eigenvalue weighted by Crippen LogP contribution is 2.46. The van der Waals surface area contributed by atoms with E-state index in [1.165, 1.54) is 0 Å². The molecule has 3 heterocycles. The highest BCUT2D eigenvalue weighted by atomic mass is 16.6. The molecule has 0 aliphatic carbocycles. The third-order valence-electron chi connectivity index (χ3n) is 6.44. The molecule has 2 aliphatic heterocycles. The minimum Gasteiger partial charge on any atom is -0.391 e. The number of benzene rings is 1. The molecule has 1 N–H and O–H groups in total. The van der Waals surface area contributed by atoms with Crippen LogP contribution in [0.5, 0.6) is 0 Å². The second kappa shape index (κ2) is 7.59. The molecule has 2 aromatic rings. The fourth-order valence-corrected chi connectivity index (χ4v) is 4.72. The average molecular weight is 398 g/mol. The number of aliphatic hydroxyl groups is 1. The predicted octanol–water partition coefficient (Wildman–Crippen LogP) is 1.49. The molecule has 1 aromatic carbocycles. The van der Waals surface area contributed by atoms with Crippen LogP contribution in [-0.4, -0.2) is 63.3 Å². The van der Waals surface area contributed by atoms with E-state index in [9.17, 15) is 14.7 Å². The molecule has 29 heavy (non-hydrogen) atoms. The molecular formula is C21H26N4O4. The Hall–Kier alpha value is -2.74. The normalized spacial score (nSPS) is 24.2. The highest BCUT2D eigenvalue weighted by molar-refractivity contribution is 5.85. The number of aliphatic hydroxyl groups excluding tert-OH is 1. The van der Waals surface area contributed by atoms with Gasteiger partial charge < -0.3 is 14.9 Å². The van der Waals surface area contributed by atoms with Crippen molar-refractivity contribution in [1.29, 1.82) is 0 Å². The Labute approximate surface area is 169 Å². The number of aryl methyl sites for hydroxylation is 1. The van der Waals surface area contributed by atoms with Crippen molar-refractivity contribution in [1.82, 2.24) is 20.1 Å². The summed E-state index contributed by atoms with van der Waals surface area (Å²) in [6.45, 7) is 2.74. The number of amides is 2. The van der Waals surface area contributed by atoms with Gasteiger partial charge in [0.2, 0.25) is 11.8 Å². The van der Waals surface area contributed by atoms with Crippen LogP contribution < -0.4 is 0 Å². The molecule has 0 unspecified atom stereocenters. The van der Waals surface area contributed by atoms with E-state index in [2.05, 4.69) is 14.9 Å². The number of nitrogens with zero attached hydrogens (tertiary/aromatic N) is 4. The van der Waals surface area contributed by atoms with Crippen molar-refractivity contribution < 1.29 is 19.3 Å². The van der Waals surface area contributed by atoms with Gasteiger partial charge in [0.15, 0.2) is 0 Å². The largest absolute Gasteiger partial charge is 0.391 e. The van der Waals surface area contributed by atoms with E-state index in [0.717, 1.165) is 5.56 Å². The molecule has 2 amide bonds. The van der Waals surface area contributed by atoms with Gasteiger partial charge in [-0.3, -0.25) is 9.59 Å². The van der Waals surface area contributed by atoms with Crippen LogP contribution in [0.1, 0.15) is 42.3 Å². The molecule has 154 valence electrons. The lowest BCUT2D eigenvalue weighted by molar-refractivity contribution is -0.163. The van der Waals surface area contributed by atoms with E-state index < -0.39 is 11.5 Å². The van der Waals surface area contributed by atoms with Crippen LogP contribution in [0.4, 0.5) is 0 Å². The van der Waals surface area contributed by atoms with Crippen molar-refractivity contribution in [2.45, 2.75) is 44.8 Å². The van der Waals surface area contributed by atoms with E-state index in [-0.39, 0.29) is 24.3 Å². The van der Waals surface area contributed by atoms with Crippen LogP contribution in [-0.2, 0) is 16.0 Å². The molecule has 0 saturated carbocycles. The lowest BCUT2D eigenvalue weighted by Crippen LogP contribution is -2.58. The monoisotopic (exact) mass is 398 g/mol. The first-order chi connectivity index (χ1) is 13.9. The lowest BCUT2D eigenvalue weighted by Gasteiger charge is -2.50. The van der Waals surface area contributed by atoms with E-state index in [4.69, 9.17) is 0 Å². The smallest absolute Gasteiger partial charge is 0.229 e. The Balaban J connectivity index is 1.43. The summed E-state index contributed by atoms with van der Waals surface area (Å²) in [5.41, 5.74) is 1.49. The lowest BCUT2D eigenvalue weighted by atomic mass is 9.68. The molecule has 4 rings (SSSR count). The number of piperidine rings is 2. The standard InChI is InChI=1S/C21H26N4O4/c1-14-16(23-29-22-14)12-18(27)25-10-8-21(9-11-25)13-17(26)19(24(2)20(21)28)15-6-4-3-5-7-15/h3-7,17,19,26H,8-13H2,1-2H3/t17-,19+/m1/s1. The molecular weight excluding hydrogens is 372 g/mol. The van der Waals surface area contributed by atoms with Gasteiger partial charge in [-0.15, -0.1) is 0 Å². The van der Waals surface area contributed by atoms with Crippen LogP contribution in [0.25, 0.3) is 0 Å². The van der Waals surface area contributed by atoms with E-state index in [1.807, 2.05) is 30.3 Å². The van der Waals surface area contributed by atoms with Crippen LogP contribution in [0.2, 0.25) is 0 Å². The topological polar surface area (TPSA) is 99.8 Å². The van der Waals surface area contributed by atoms with Crippen molar-refractivity contribution in [3.8, 4) is 0 Å². The fourth-order valence-electron chi connectivity index (χ4n) is 4.72. The second-order valence-electron chi connectivity index (χ2n) is 8.18. The number of carbonyl (C=O) groups excluding carboxylic acids is 2. The van der Waals surface area contributed by atoms with Gasteiger partial charge in [0.25, 0.3) is 0 Å². The zero-order valence-corrected chi connectivity index (χ0v) is 16.7. The second-order valence-corrected chi connectivity index (χ2v) is 8.18. The summed E-state index contributed by atoms with van der Waals surface area (Å²) in [7, 11) is 1.77. The third-order valence-corrected chi connectivity index (χ3v) is 6.44. The maximum atomic E-state index is 13.3. The zero-order chi connectivity index (χ0) is 20.6. The van der Waals surface area contributed by atoms with E-state index >= 15 is 0 Å². The number of likely N-dealkylation sites (tertiary alicyclic amines) is 2. The van der Waals surface area contributed by atoms with Gasteiger partial charge in [-0.1, -0.05) is 40.6 Å². The SMILES string of the molecule is Cc1nonc1CC(=O)N1CCC2(CC1)C[C@@H](O)[C@H](c1ccccc1)N(C)C2=O. The van der Waals surface area contributed by atoms with Gasteiger partial charge in [-0.05, 0) is 31.7 Å². The third kappa shape index (κ3) is 3.53. The van der Waals surface area contributed by atoms with Gasteiger partial charge in [-0.25, -0.2) is 4.63 Å². The van der Waals surface area contributed by atoms with Crippen molar-refractivity contribution >= 4 is 11.8 Å². The molecule has 2 atom stereocenters. The fraction of sp³-hybridized carbons (Fsp3) is 0.524. The maximum absolute atomic E-state index is 13.3. The predicted molar refractivity (Wildman–Crippen MR) is 104 cm³/mol. The van der Waals surface area contributed by atoms with E-state index in [1.54, 1.807) is 23.8 Å². The summed E-state index contributed by atoms with van der Waals surface area (Å²) in [6.07, 6.45) is 1.04. The average Bonchev–Trinajstić information content (AvgIpc) is 3.12. The first kappa shape index (κ1) is 19.6. The number of hydrogen-bond acceptors (Lipinski definition) is 6. The van der Waals surface area contributed by atoms with Crippen molar-refractivity contribution in [2.75, 3.05) is 20.1 Å². The van der Waals surface area contributed by atoms with Crippen molar-refractivity contribution in [3.05, 3.63) is 47.3 Å². The Bertz CT molecular complexity index is 889. The molecule has 0 bridgehead atoms. The van der Waals surface area contributed by atoms with Gasteiger partial charge in [-0.2, -0.15) is 0 Å². The number of aromatic nitrogens is 2. The van der Waals surface area contributed by atoms with Crippen LogP contribution in [0.3, 0.4) is 0 Å². The van der Waals surface area contributed by atoms with E-state index in [0.29, 0.717) is 43.7 Å². The van der Waals surface area contributed by atoms with Crippen molar-refractivity contribution in [3.63, 3.8) is 0 Å². The van der Waals surface area contributed by atoms with Crippen molar-refractivity contribution in [2.24, 2.45) is 5.41 Å². The molecule has 8 nitrogen and oxygen atoms in total. The number of hydrogen-bond donors (Lipinski definition) is 1. The highest BCUT2D eigenvalue weighted by Gasteiger charge is 2.51. The summed E-state index contributed by atoms with van der Waals surface area (Å²) < 4.78 is 4.66. The Morgan fingerprint density at radius 3 is 2.55 bits per heavy atom. The summed E-state index contributed by atoms with van der Waals surface area (Å²) in [5.74, 6) is 0.0123. The number of likely N-dealkylation sites (N-methyl/N-ethyl adjacent to an activating group) is 1. The molecule has 8 heteroatoms. The minimum absolute atomic E-state index is 0.0435. The Kier molecular flexibility index (Phi) is 5.12. The quantitative estimate of drug-likeness (QED) is 0.841. The molecule has 0 radical (unpaired) electrons. The van der Waals surface area contributed by atoms with Gasteiger partial charge >= 0.3 is 0 Å². The molecule has 2 fully saturated rings. The minimum atomic E-state index is -0.633. The number of carbonyl (C=O) groups is 2. The Morgan fingerprint density at radius 2 is 1.93 bits per heavy atom. The van der Waals surface area contributed by atoms with Gasteiger partial charge in [0, 0.05) is 20.1 Å². The van der Waals surface area contributed by atoms with Gasteiger partial charge in [0.1, 0.15) is 11.4 Å². The van der Waals surface area contributed by atoms with Crippen LogP contribution in [0.15, 0.2) is 35.0 Å². The molecule has 2 saturated heterocycles. The Morgan fingerprint density at radius 1 is 1.24 bits per heavy atom. The summed E-state index contributed by atoms with van der Waals surface area (Å²) in [4.78, 5) is 29.3. The van der Waals surface area contributed by atoms with Crippen LogP contribution >= 0.6 is 0 Å². The number of rotatable bonds is 3. The zero-order valence-electron chi connectivity index (χ0n) is 16.7. The first-order valence-electron chi connectivity index (χ1n) is 9.97.